The molecule has 1 aromatic heterocycles. The number of nitrogens with zero attached hydrogens (tertiary/aromatic N) is 1. The minimum absolute atomic E-state index is 0.463. The van der Waals surface area contributed by atoms with Crippen LogP contribution >= 0.6 is 0 Å². The van der Waals surface area contributed by atoms with Crippen molar-refractivity contribution in [2.75, 3.05) is 11.5 Å². The third-order valence-electron chi connectivity index (χ3n) is 1.08. The molecule has 0 fully saturated rings. The Morgan fingerprint density at radius 2 is 1.50 bits per heavy atom. The smallest absolute Gasteiger partial charge is 0.384 e. The van der Waals surface area contributed by atoms with Crippen molar-refractivity contribution in [2.24, 2.45) is 0 Å². The summed E-state index contributed by atoms with van der Waals surface area (Å²) in [6.45, 7) is 0. The van der Waals surface area contributed by atoms with Crippen LogP contribution in [0.5, 0.6) is 0 Å². The zero-order chi connectivity index (χ0) is 13.0. The first-order valence-corrected chi connectivity index (χ1v) is 5.00. The van der Waals surface area contributed by atoms with Crippen molar-refractivity contribution in [3.8, 4) is 0 Å². The summed E-state index contributed by atoms with van der Waals surface area (Å²) in [7, 11) is -5.84. The van der Waals surface area contributed by atoms with Crippen molar-refractivity contribution in [2.45, 2.75) is 5.51 Å². The fourth-order valence-corrected chi connectivity index (χ4v) is 0.469. The number of hydrogen-bond donors (Lipinski definition) is 3. The second kappa shape index (κ2) is 4.99. The van der Waals surface area contributed by atoms with Gasteiger partial charge in [0.15, 0.2) is 0 Å². The van der Waals surface area contributed by atoms with E-state index in [4.69, 9.17) is 24.4 Å². The molecule has 10 heteroatoms. The van der Waals surface area contributed by atoms with Gasteiger partial charge in [-0.05, 0) is 12.1 Å². The van der Waals surface area contributed by atoms with Gasteiger partial charge in [-0.15, -0.1) is 0 Å². The van der Waals surface area contributed by atoms with E-state index in [2.05, 4.69) is 4.98 Å². The maximum Gasteiger partial charge on any atom is 0.522 e. The summed E-state index contributed by atoms with van der Waals surface area (Å²) in [6, 6.07) is 5.14. The number of hydrogen-bond acceptors (Lipinski definition) is 5. The molecule has 0 spiro atoms. The van der Waals surface area contributed by atoms with Gasteiger partial charge in [0.05, 0.1) is 0 Å². The third kappa shape index (κ3) is 5.36. The summed E-state index contributed by atoms with van der Waals surface area (Å²) in [6.07, 6.45) is 0. The molecule has 0 radical (unpaired) electrons. The first-order valence-electron chi connectivity index (χ1n) is 3.56. The molecule has 0 aliphatic heterocycles. The lowest BCUT2D eigenvalue weighted by Crippen LogP contribution is -2.21. The molecule has 0 bridgehead atoms. The lowest BCUT2D eigenvalue weighted by atomic mass is 10.4. The van der Waals surface area contributed by atoms with Crippen LogP contribution in [0.3, 0.4) is 0 Å². The molecule has 1 heterocycles. The highest BCUT2D eigenvalue weighted by Crippen LogP contribution is 2.20. The number of nitrogen functional groups attached to an aromatic ring is 2. The van der Waals surface area contributed by atoms with Gasteiger partial charge in [0, 0.05) is 0 Å². The molecule has 1 aromatic rings. The molecular weight excluding hydrogens is 251 g/mol. The molecule has 0 aliphatic rings. The van der Waals surface area contributed by atoms with Gasteiger partial charge in [0.1, 0.15) is 11.6 Å². The lowest BCUT2D eigenvalue weighted by molar-refractivity contribution is -0.0510. The van der Waals surface area contributed by atoms with Crippen molar-refractivity contribution in [3.05, 3.63) is 18.2 Å². The van der Waals surface area contributed by atoms with Gasteiger partial charge in [-0.3, -0.25) is 4.55 Å². The third-order valence-corrected chi connectivity index (χ3v) is 1.67. The zero-order valence-corrected chi connectivity index (χ0v) is 8.46. The minimum atomic E-state index is -5.84. The quantitative estimate of drug-likeness (QED) is 0.464. The highest BCUT2D eigenvalue weighted by Gasteiger charge is 2.44. The predicted molar refractivity (Wildman–Crippen MR) is 50.7 cm³/mol. The van der Waals surface area contributed by atoms with Gasteiger partial charge >= 0.3 is 15.6 Å². The largest absolute Gasteiger partial charge is 0.522 e. The van der Waals surface area contributed by atoms with E-state index in [9.17, 15) is 13.2 Å². The van der Waals surface area contributed by atoms with Crippen molar-refractivity contribution in [1.29, 1.82) is 0 Å². The Labute approximate surface area is 88.8 Å². The SMILES string of the molecule is Nc1cccc(N)n1.O=S(=O)(O)C(F)(F)F. The van der Waals surface area contributed by atoms with Gasteiger partial charge in [-0.2, -0.15) is 21.6 Å². The second-order valence-electron chi connectivity index (χ2n) is 2.41. The average molecular weight is 259 g/mol. The van der Waals surface area contributed by atoms with Crippen LogP contribution in [0.4, 0.5) is 24.8 Å². The van der Waals surface area contributed by atoms with Gasteiger partial charge < -0.3 is 11.5 Å². The van der Waals surface area contributed by atoms with Gasteiger partial charge in [-0.25, -0.2) is 4.98 Å². The van der Waals surface area contributed by atoms with Crippen molar-refractivity contribution < 1.29 is 26.1 Å². The highest BCUT2D eigenvalue weighted by molar-refractivity contribution is 7.86. The van der Waals surface area contributed by atoms with Gasteiger partial charge in [-0.1, -0.05) is 6.07 Å². The van der Waals surface area contributed by atoms with E-state index in [-0.39, 0.29) is 0 Å². The standard InChI is InChI=1S/C5H7N3.CHF3O3S/c6-4-2-1-3-5(7)8-4;2-1(3,4)8(5,6)7/h1-3H,(H4,6,7,8);(H,5,6,7). The summed E-state index contributed by atoms with van der Waals surface area (Å²) in [5.41, 5.74) is 5.00. The fraction of sp³-hybridized carbons (Fsp3) is 0.167. The first-order chi connectivity index (χ1) is 7.04. The van der Waals surface area contributed by atoms with Crippen LogP contribution in [0, 0.1) is 0 Å². The number of anilines is 2. The predicted octanol–water partition coefficient (Wildman–Crippen LogP) is 0.640. The molecule has 0 aromatic carbocycles. The average Bonchev–Trinajstić information content (AvgIpc) is 2.00. The van der Waals surface area contributed by atoms with E-state index in [1.54, 1.807) is 18.2 Å². The highest BCUT2D eigenvalue weighted by atomic mass is 32.2. The van der Waals surface area contributed by atoms with Crippen LogP contribution < -0.4 is 11.5 Å². The summed E-state index contributed by atoms with van der Waals surface area (Å²) < 4.78 is 57.5. The summed E-state index contributed by atoms with van der Waals surface area (Å²) in [4.78, 5) is 3.73. The normalized spacial score (nSPS) is 11.5. The molecule has 0 aliphatic carbocycles. The number of alkyl halides is 3. The Morgan fingerprint density at radius 1 is 1.19 bits per heavy atom. The molecule has 1 rings (SSSR count). The minimum Gasteiger partial charge on any atom is -0.384 e. The Bertz CT molecular complexity index is 429. The molecule has 0 atom stereocenters. The summed E-state index contributed by atoms with van der Waals surface area (Å²) in [5, 5.41) is 0. The van der Waals surface area contributed by atoms with Gasteiger partial charge in [0.25, 0.3) is 0 Å². The Kier molecular flexibility index (Phi) is 4.50. The fourth-order valence-electron chi connectivity index (χ4n) is 0.469. The molecule has 0 saturated heterocycles. The zero-order valence-electron chi connectivity index (χ0n) is 7.64. The van der Waals surface area contributed by atoms with Crippen LogP contribution in [0.2, 0.25) is 0 Å². The monoisotopic (exact) mass is 259 g/mol. The molecule has 92 valence electrons. The molecule has 0 unspecified atom stereocenters. The van der Waals surface area contributed by atoms with Crippen molar-refractivity contribution >= 4 is 21.8 Å². The maximum atomic E-state index is 10.7. The van der Waals surface area contributed by atoms with E-state index < -0.39 is 15.6 Å². The van der Waals surface area contributed by atoms with Crippen molar-refractivity contribution in [1.82, 2.24) is 4.98 Å². The topological polar surface area (TPSA) is 119 Å². The Hall–Kier alpha value is -1.55. The van der Waals surface area contributed by atoms with Gasteiger partial charge in [0.2, 0.25) is 0 Å². The van der Waals surface area contributed by atoms with E-state index in [0.29, 0.717) is 11.6 Å². The molecule has 6 nitrogen and oxygen atoms in total. The second-order valence-corrected chi connectivity index (χ2v) is 3.82. The number of rotatable bonds is 0. The van der Waals surface area contributed by atoms with E-state index in [0.717, 1.165) is 0 Å². The Morgan fingerprint density at radius 3 is 1.62 bits per heavy atom. The van der Waals surface area contributed by atoms with Crippen LogP contribution in [0.1, 0.15) is 0 Å². The molecule has 0 saturated carbocycles. The van der Waals surface area contributed by atoms with E-state index in [1.807, 2.05) is 0 Å². The van der Waals surface area contributed by atoms with Crippen LogP contribution in [0.15, 0.2) is 18.2 Å². The van der Waals surface area contributed by atoms with E-state index in [1.165, 1.54) is 0 Å². The number of pyridine rings is 1. The summed E-state index contributed by atoms with van der Waals surface area (Å²) in [5.74, 6) is 0.926. The van der Waals surface area contributed by atoms with Crippen LogP contribution in [0.25, 0.3) is 0 Å². The Balaban J connectivity index is 0.000000281. The molecule has 0 amide bonds. The van der Waals surface area contributed by atoms with E-state index >= 15 is 0 Å². The summed E-state index contributed by atoms with van der Waals surface area (Å²) >= 11 is 0. The number of nitrogens with two attached hydrogens (primary N) is 2. The van der Waals surface area contributed by atoms with Crippen molar-refractivity contribution in [3.63, 3.8) is 0 Å². The molecule has 5 N–H and O–H groups in total. The maximum absolute atomic E-state index is 10.7. The number of halogens is 3. The molecule has 16 heavy (non-hydrogen) atoms. The lowest BCUT2D eigenvalue weighted by Gasteiger charge is -1.97. The van der Waals surface area contributed by atoms with Crippen LogP contribution in [-0.2, 0) is 10.1 Å². The number of aromatic nitrogens is 1. The first kappa shape index (κ1) is 14.5. The van der Waals surface area contributed by atoms with Crippen LogP contribution in [-0.4, -0.2) is 23.5 Å². The molecular formula is C6H8F3N3O3S.